The van der Waals surface area contributed by atoms with Crippen LogP contribution in [0.1, 0.15) is 43.0 Å². The monoisotopic (exact) mass is 482 g/mol. The van der Waals surface area contributed by atoms with E-state index in [1.54, 1.807) is 48.5 Å². The van der Waals surface area contributed by atoms with Gasteiger partial charge in [-0.05, 0) is 46.5 Å². The molecule has 0 heterocycles. The lowest BCUT2D eigenvalue weighted by Gasteiger charge is -2.40. The van der Waals surface area contributed by atoms with Crippen LogP contribution in [0.25, 0.3) is 0 Å². The molecule has 4 unspecified atom stereocenters. The SMILES string of the molecule is O=C1c2ccccc2C(O)(c2ccc(F)cc2)C1C1C(=O)c2ccccc2C1(O)c1ccc(F)cc1. The molecule has 2 aliphatic carbocycles. The molecule has 4 aromatic rings. The number of fused-ring (bicyclic) bond motifs is 2. The second kappa shape index (κ2) is 7.75. The summed E-state index contributed by atoms with van der Waals surface area (Å²) in [4.78, 5) is 27.9. The van der Waals surface area contributed by atoms with Gasteiger partial charge in [0.1, 0.15) is 22.8 Å². The molecule has 0 saturated carbocycles. The molecule has 2 aliphatic rings. The largest absolute Gasteiger partial charge is 0.380 e. The summed E-state index contributed by atoms with van der Waals surface area (Å²) in [6, 6.07) is 23.2. The highest BCUT2D eigenvalue weighted by molar-refractivity contribution is 6.12. The fourth-order valence-electron chi connectivity index (χ4n) is 5.97. The van der Waals surface area contributed by atoms with Gasteiger partial charge in [-0.2, -0.15) is 0 Å². The van der Waals surface area contributed by atoms with E-state index in [4.69, 9.17) is 0 Å². The summed E-state index contributed by atoms with van der Waals surface area (Å²) in [5.41, 5.74) is -2.63. The molecule has 4 atom stereocenters. The van der Waals surface area contributed by atoms with Crippen molar-refractivity contribution in [1.29, 1.82) is 0 Å². The van der Waals surface area contributed by atoms with Crippen molar-refractivity contribution in [3.63, 3.8) is 0 Å². The molecular formula is C30H20F2O4. The zero-order chi connectivity index (χ0) is 25.2. The maximum absolute atomic E-state index is 14.0. The maximum Gasteiger partial charge on any atom is 0.170 e. The molecule has 0 radical (unpaired) electrons. The highest BCUT2D eigenvalue weighted by Gasteiger charge is 2.65. The quantitative estimate of drug-likeness (QED) is 0.442. The van der Waals surface area contributed by atoms with Gasteiger partial charge in [-0.15, -0.1) is 0 Å². The fourth-order valence-corrected chi connectivity index (χ4v) is 5.97. The van der Waals surface area contributed by atoms with Gasteiger partial charge in [0.15, 0.2) is 11.6 Å². The highest BCUT2D eigenvalue weighted by Crippen LogP contribution is 2.58. The van der Waals surface area contributed by atoms with Gasteiger partial charge in [0.25, 0.3) is 0 Å². The first-order valence-corrected chi connectivity index (χ1v) is 11.5. The Labute approximate surface area is 205 Å². The number of ketones is 2. The molecule has 178 valence electrons. The summed E-state index contributed by atoms with van der Waals surface area (Å²) in [6.07, 6.45) is 0. The Bertz CT molecular complexity index is 1410. The van der Waals surface area contributed by atoms with Crippen molar-refractivity contribution in [3.05, 3.63) is 142 Å². The summed E-state index contributed by atoms with van der Waals surface area (Å²) < 4.78 is 27.6. The Kier molecular flexibility index (Phi) is 4.84. The number of benzene rings is 4. The van der Waals surface area contributed by atoms with Gasteiger partial charge in [0.05, 0.1) is 11.8 Å². The molecule has 6 heteroatoms. The molecule has 0 aromatic heterocycles. The molecule has 0 bridgehead atoms. The van der Waals surface area contributed by atoms with E-state index >= 15 is 0 Å². The average molecular weight is 482 g/mol. The van der Waals surface area contributed by atoms with Crippen LogP contribution in [0.15, 0.2) is 97.1 Å². The van der Waals surface area contributed by atoms with Crippen LogP contribution < -0.4 is 0 Å². The van der Waals surface area contributed by atoms with Crippen LogP contribution in [0.2, 0.25) is 0 Å². The van der Waals surface area contributed by atoms with Crippen molar-refractivity contribution < 1.29 is 28.6 Å². The van der Waals surface area contributed by atoms with E-state index in [0.717, 1.165) is 0 Å². The van der Waals surface area contributed by atoms with E-state index in [1.165, 1.54) is 48.5 Å². The van der Waals surface area contributed by atoms with E-state index in [2.05, 4.69) is 0 Å². The first-order chi connectivity index (χ1) is 17.3. The minimum atomic E-state index is -2.03. The molecular weight excluding hydrogens is 462 g/mol. The number of Topliss-reactive ketones (excluding diaryl/α,β-unsaturated/α-hetero) is 2. The summed E-state index contributed by atoms with van der Waals surface area (Å²) >= 11 is 0. The number of aliphatic hydroxyl groups is 2. The van der Waals surface area contributed by atoms with E-state index in [-0.39, 0.29) is 33.4 Å². The van der Waals surface area contributed by atoms with Gasteiger partial charge in [0.2, 0.25) is 0 Å². The molecule has 0 spiro atoms. The van der Waals surface area contributed by atoms with Crippen molar-refractivity contribution in [2.75, 3.05) is 0 Å². The van der Waals surface area contributed by atoms with E-state index in [9.17, 15) is 28.6 Å². The Morgan fingerprint density at radius 2 is 0.861 bits per heavy atom. The molecule has 0 saturated heterocycles. The number of carbonyl (C=O) groups excluding carboxylic acids is 2. The first kappa shape index (κ1) is 22.5. The Balaban J connectivity index is 1.64. The molecule has 36 heavy (non-hydrogen) atoms. The van der Waals surface area contributed by atoms with E-state index in [1.807, 2.05) is 0 Å². The molecule has 0 amide bonds. The molecule has 4 nitrogen and oxygen atoms in total. The number of rotatable bonds is 3. The third-order valence-corrected chi connectivity index (χ3v) is 7.57. The normalized spacial score (nSPS) is 26.7. The van der Waals surface area contributed by atoms with Crippen molar-refractivity contribution in [2.24, 2.45) is 11.8 Å². The zero-order valence-electron chi connectivity index (χ0n) is 18.9. The lowest BCUT2D eigenvalue weighted by molar-refractivity contribution is -0.0463. The third-order valence-electron chi connectivity index (χ3n) is 7.57. The number of halogens is 2. The lowest BCUT2D eigenvalue weighted by Crippen LogP contribution is -2.49. The highest BCUT2D eigenvalue weighted by atomic mass is 19.1. The topological polar surface area (TPSA) is 74.6 Å². The minimum absolute atomic E-state index is 0.220. The minimum Gasteiger partial charge on any atom is -0.380 e. The second-order valence-electron chi connectivity index (χ2n) is 9.32. The molecule has 4 aromatic carbocycles. The van der Waals surface area contributed by atoms with Crippen LogP contribution in [0.3, 0.4) is 0 Å². The van der Waals surface area contributed by atoms with Crippen LogP contribution in [0.4, 0.5) is 8.78 Å². The summed E-state index contributed by atoms with van der Waals surface area (Å²) in [7, 11) is 0. The van der Waals surface area contributed by atoms with Crippen LogP contribution in [0.5, 0.6) is 0 Å². The van der Waals surface area contributed by atoms with Gasteiger partial charge in [-0.3, -0.25) is 9.59 Å². The number of hydrogen-bond donors (Lipinski definition) is 2. The van der Waals surface area contributed by atoms with Crippen molar-refractivity contribution >= 4 is 11.6 Å². The second-order valence-corrected chi connectivity index (χ2v) is 9.32. The van der Waals surface area contributed by atoms with E-state index < -0.39 is 46.2 Å². The van der Waals surface area contributed by atoms with Crippen LogP contribution in [-0.4, -0.2) is 21.8 Å². The third kappa shape index (κ3) is 2.86. The predicted molar refractivity (Wildman–Crippen MR) is 127 cm³/mol. The van der Waals surface area contributed by atoms with Gasteiger partial charge >= 0.3 is 0 Å². The van der Waals surface area contributed by atoms with Gasteiger partial charge < -0.3 is 10.2 Å². The smallest absolute Gasteiger partial charge is 0.170 e. The summed E-state index contributed by atoms with van der Waals surface area (Å²) in [6.45, 7) is 0. The lowest BCUT2D eigenvalue weighted by atomic mass is 9.66. The van der Waals surface area contributed by atoms with Crippen LogP contribution >= 0.6 is 0 Å². The van der Waals surface area contributed by atoms with E-state index in [0.29, 0.717) is 0 Å². The first-order valence-electron chi connectivity index (χ1n) is 11.5. The Morgan fingerprint density at radius 3 is 1.22 bits per heavy atom. The Morgan fingerprint density at radius 1 is 0.528 bits per heavy atom. The standard InChI is InChI=1S/C30H20F2O4/c31-19-13-9-17(10-14-19)29(35)23-7-3-1-5-21(23)27(33)25(29)26-28(34)22-6-2-4-8-24(22)30(26,36)18-11-15-20(32)16-12-18/h1-16,25-26,35-36H. The zero-order valence-corrected chi connectivity index (χ0v) is 18.9. The molecule has 0 fully saturated rings. The summed E-state index contributed by atoms with van der Waals surface area (Å²) in [5, 5.41) is 24.7. The Hall–Kier alpha value is -4.00. The van der Waals surface area contributed by atoms with Crippen molar-refractivity contribution in [1.82, 2.24) is 0 Å². The van der Waals surface area contributed by atoms with Gasteiger partial charge in [-0.1, -0.05) is 72.8 Å². The molecule has 2 N–H and O–H groups in total. The molecule has 6 rings (SSSR count). The van der Waals surface area contributed by atoms with Crippen LogP contribution in [-0.2, 0) is 11.2 Å². The van der Waals surface area contributed by atoms with Crippen molar-refractivity contribution in [2.45, 2.75) is 11.2 Å². The predicted octanol–water partition coefficient (Wildman–Crippen LogP) is 4.76. The number of hydrogen-bond acceptors (Lipinski definition) is 4. The molecule has 0 aliphatic heterocycles. The van der Waals surface area contributed by atoms with Gasteiger partial charge in [0, 0.05) is 11.1 Å². The van der Waals surface area contributed by atoms with Crippen LogP contribution in [0, 0.1) is 23.5 Å². The fraction of sp³-hybridized carbons (Fsp3) is 0.133. The number of carbonyl (C=O) groups is 2. The average Bonchev–Trinajstić information content (AvgIpc) is 3.25. The van der Waals surface area contributed by atoms with Crippen molar-refractivity contribution in [3.8, 4) is 0 Å². The summed E-state index contributed by atoms with van der Waals surface area (Å²) in [5.74, 6) is -4.94. The van der Waals surface area contributed by atoms with Gasteiger partial charge in [-0.25, -0.2) is 8.78 Å². The maximum atomic E-state index is 14.0.